The van der Waals surface area contributed by atoms with Crippen LogP contribution in [0.2, 0.25) is 15.1 Å². The summed E-state index contributed by atoms with van der Waals surface area (Å²) in [7, 11) is 0. The molecule has 1 heterocycles. The Kier molecular flexibility index (Phi) is 4.73. The molecule has 5 heteroatoms. The largest absolute Gasteiger partial charge is 0.232 e. The second-order valence-corrected chi connectivity index (χ2v) is 7.13. The molecule has 4 rings (SSSR count). The molecule has 128 valence electrons. The zero-order chi connectivity index (χ0) is 18.1. The molecule has 0 bridgehead atoms. The first kappa shape index (κ1) is 17.2. The van der Waals surface area contributed by atoms with Crippen LogP contribution in [-0.4, -0.2) is 9.78 Å². The highest BCUT2D eigenvalue weighted by Gasteiger charge is 2.13. The molecule has 0 saturated carbocycles. The van der Waals surface area contributed by atoms with Crippen LogP contribution >= 0.6 is 34.8 Å². The molecule has 0 spiro atoms. The molecule has 0 aliphatic carbocycles. The van der Waals surface area contributed by atoms with Gasteiger partial charge in [0, 0.05) is 26.2 Å². The molecule has 0 aliphatic heterocycles. The number of hydrogen-bond donors (Lipinski definition) is 0. The zero-order valence-electron chi connectivity index (χ0n) is 13.5. The Morgan fingerprint density at radius 1 is 0.577 bits per heavy atom. The van der Waals surface area contributed by atoms with Crippen LogP contribution < -0.4 is 0 Å². The Balaban J connectivity index is 1.88. The predicted octanol–water partition coefficient (Wildman–Crippen LogP) is 7.17. The van der Waals surface area contributed by atoms with Crippen LogP contribution in [0.1, 0.15) is 0 Å². The van der Waals surface area contributed by atoms with Crippen LogP contribution in [0.25, 0.3) is 28.2 Å². The summed E-state index contributed by atoms with van der Waals surface area (Å²) in [4.78, 5) is 0. The maximum atomic E-state index is 6.04. The van der Waals surface area contributed by atoms with Gasteiger partial charge in [0.05, 0.1) is 17.1 Å². The minimum Gasteiger partial charge on any atom is -0.232 e. The maximum Gasteiger partial charge on any atom is 0.0934 e. The maximum absolute atomic E-state index is 6.04. The summed E-state index contributed by atoms with van der Waals surface area (Å²) in [5, 5.41) is 6.89. The normalized spacial score (nSPS) is 10.9. The molecule has 0 atom stereocenters. The van der Waals surface area contributed by atoms with Crippen LogP contribution in [0.4, 0.5) is 0 Å². The molecule has 2 nitrogen and oxygen atoms in total. The van der Waals surface area contributed by atoms with E-state index in [2.05, 4.69) is 6.07 Å². The van der Waals surface area contributed by atoms with Crippen molar-refractivity contribution in [1.82, 2.24) is 9.78 Å². The van der Waals surface area contributed by atoms with E-state index in [0.717, 1.165) is 28.2 Å². The van der Waals surface area contributed by atoms with Gasteiger partial charge >= 0.3 is 0 Å². The summed E-state index contributed by atoms with van der Waals surface area (Å²) in [6, 6.07) is 25.0. The Morgan fingerprint density at radius 2 is 1.04 bits per heavy atom. The molecular weight excluding hydrogens is 387 g/mol. The van der Waals surface area contributed by atoms with E-state index in [4.69, 9.17) is 39.9 Å². The topological polar surface area (TPSA) is 17.8 Å². The van der Waals surface area contributed by atoms with Crippen molar-refractivity contribution in [1.29, 1.82) is 0 Å². The number of hydrogen-bond acceptors (Lipinski definition) is 1. The lowest BCUT2D eigenvalue weighted by Crippen LogP contribution is -1.99. The van der Waals surface area contributed by atoms with Crippen molar-refractivity contribution < 1.29 is 0 Å². The van der Waals surface area contributed by atoms with Crippen molar-refractivity contribution in [3.63, 3.8) is 0 Å². The fourth-order valence-corrected chi connectivity index (χ4v) is 3.13. The van der Waals surface area contributed by atoms with Crippen molar-refractivity contribution in [3.8, 4) is 28.2 Å². The highest BCUT2D eigenvalue weighted by atomic mass is 35.5. The molecule has 4 aromatic rings. The van der Waals surface area contributed by atoms with E-state index in [9.17, 15) is 0 Å². The summed E-state index contributed by atoms with van der Waals surface area (Å²) in [5.74, 6) is 0. The third-order valence-corrected chi connectivity index (χ3v) is 4.82. The first-order chi connectivity index (χ1) is 12.6. The minimum atomic E-state index is 0.687. The first-order valence-electron chi connectivity index (χ1n) is 7.98. The molecule has 0 fully saturated rings. The van der Waals surface area contributed by atoms with Crippen molar-refractivity contribution in [2.24, 2.45) is 0 Å². The second kappa shape index (κ2) is 7.16. The van der Waals surface area contributed by atoms with Gasteiger partial charge in [0.15, 0.2) is 0 Å². The van der Waals surface area contributed by atoms with Gasteiger partial charge in [0.2, 0.25) is 0 Å². The first-order valence-corrected chi connectivity index (χ1v) is 9.11. The fourth-order valence-electron chi connectivity index (χ4n) is 2.75. The summed E-state index contributed by atoms with van der Waals surface area (Å²) in [5.41, 5.74) is 4.78. The minimum absolute atomic E-state index is 0.687. The molecule has 0 unspecified atom stereocenters. The summed E-state index contributed by atoms with van der Waals surface area (Å²) in [6.07, 6.45) is 0. The van der Waals surface area contributed by atoms with E-state index in [1.807, 2.05) is 77.5 Å². The van der Waals surface area contributed by atoms with Gasteiger partial charge in [0.25, 0.3) is 0 Å². The average Bonchev–Trinajstić information content (AvgIpc) is 3.09. The predicted molar refractivity (Wildman–Crippen MR) is 109 cm³/mol. The van der Waals surface area contributed by atoms with Crippen LogP contribution in [0, 0.1) is 0 Å². The number of nitrogens with zero attached hydrogens (tertiary/aromatic N) is 2. The molecule has 1 aromatic heterocycles. The highest BCUT2D eigenvalue weighted by molar-refractivity contribution is 6.31. The number of halogens is 3. The summed E-state index contributed by atoms with van der Waals surface area (Å²) in [6.45, 7) is 0. The van der Waals surface area contributed by atoms with Crippen LogP contribution in [0.5, 0.6) is 0 Å². The monoisotopic (exact) mass is 398 g/mol. The Bertz CT molecular complexity index is 971. The lowest BCUT2D eigenvalue weighted by molar-refractivity contribution is 0.892. The van der Waals surface area contributed by atoms with Crippen molar-refractivity contribution in [2.75, 3.05) is 0 Å². The fraction of sp³-hybridized carbons (Fsp3) is 0. The number of aromatic nitrogens is 2. The quantitative estimate of drug-likeness (QED) is 0.357. The van der Waals surface area contributed by atoms with E-state index in [1.165, 1.54) is 0 Å². The molecule has 0 aliphatic rings. The number of benzene rings is 3. The molecule has 0 saturated heterocycles. The zero-order valence-corrected chi connectivity index (χ0v) is 15.8. The Morgan fingerprint density at radius 3 is 1.58 bits per heavy atom. The van der Waals surface area contributed by atoms with Gasteiger partial charge in [-0.3, -0.25) is 0 Å². The summed E-state index contributed by atoms with van der Waals surface area (Å²) < 4.78 is 1.91. The van der Waals surface area contributed by atoms with E-state index < -0.39 is 0 Å². The average molecular weight is 400 g/mol. The van der Waals surface area contributed by atoms with E-state index in [0.29, 0.717) is 15.1 Å². The third-order valence-electron chi connectivity index (χ3n) is 4.06. The summed E-state index contributed by atoms with van der Waals surface area (Å²) >= 11 is 18.1. The van der Waals surface area contributed by atoms with Gasteiger partial charge in [-0.15, -0.1) is 0 Å². The van der Waals surface area contributed by atoms with Gasteiger partial charge in [-0.2, -0.15) is 5.10 Å². The Labute approximate surface area is 166 Å². The van der Waals surface area contributed by atoms with Crippen molar-refractivity contribution in [3.05, 3.63) is 93.9 Å². The molecular formula is C21H13Cl3N2. The standard InChI is InChI=1S/C21H13Cl3N2/c22-16-5-1-14(2-6-16)20-13-21(15-3-7-17(23)8-4-15)26(25-20)19-11-9-18(24)10-12-19/h1-13H. The van der Waals surface area contributed by atoms with Gasteiger partial charge in [-0.25, -0.2) is 4.68 Å². The third kappa shape index (κ3) is 3.49. The molecule has 3 aromatic carbocycles. The molecule has 0 radical (unpaired) electrons. The van der Waals surface area contributed by atoms with Crippen LogP contribution in [0.3, 0.4) is 0 Å². The highest BCUT2D eigenvalue weighted by Crippen LogP contribution is 2.30. The van der Waals surface area contributed by atoms with Crippen molar-refractivity contribution >= 4 is 34.8 Å². The second-order valence-electron chi connectivity index (χ2n) is 5.82. The van der Waals surface area contributed by atoms with Gasteiger partial charge in [-0.1, -0.05) is 59.1 Å². The smallest absolute Gasteiger partial charge is 0.0934 e. The van der Waals surface area contributed by atoms with Gasteiger partial charge in [-0.05, 0) is 54.6 Å². The molecule has 26 heavy (non-hydrogen) atoms. The van der Waals surface area contributed by atoms with Crippen LogP contribution in [-0.2, 0) is 0 Å². The van der Waals surface area contributed by atoms with Gasteiger partial charge in [0.1, 0.15) is 0 Å². The lowest BCUT2D eigenvalue weighted by atomic mass is 10.1. The molecule has 0 amide bonds. The van der Waals surface area contributed by atoms with Crippen molar-refractivity contribution in [2.45, 2.75) is 0 Å². The van der Waals surface area contributed by atoms with E-state index in [1.54, 1.807) is 0 Å². The number of rotatable bonds is 3. The Hall–Kier alpha value is -2.26. The van der Waals surface area contributed by atoms with Crippen LogP contribution in [0.15, 0.2) is 78.9 Å². The van der Waals surface area contributed by atoms with Gasteiger partial charge < -0.3 is 0 Å². The lowest BCUT2D eigenvalue weighted by Gasteiger charge is -2.08. The van der Waals surface area contributed by atoms with E-state index >= 15 is 0 Å². The SMILES string of the molecule is Clc1ccc(-c2cc(-c3ccc(Cl)cc3)n(-c3ccc(Cl)cc3)n2)cc1. The van der Waals surface area contributed by atoms with E-state index in [-0.39, 0.29) is 0 Å². The molecule has 0 N–H and O–H groups in total.